The van der Waals surface area contributed by atoms with E-state index in [1.165, 1.54) is 24.5 Å². The molecule has 0 aliphatic heterocycles. The summed E-state index contributed by atoms with van der Waals surface area (Å²) in [5.41, 5.74) is 5.84. The third-order valence-corrected chi connectivity index (χ3v) is 1.90. The predicted molar refractivity (Wildman–Crippen MR) is 54.6 cm³/mol. The van der Waals surface area contributed by atoms with Gasteiger partial charge in [0.2, 0.25) is 0 Å². The minimum absolute atomic E-state index is 0.275. The summed E-state index contributed by atoms with van der Waals surface area (Å²) in [6, 6.07) is 4.31. The van der Waals surface area contributed by atoms with Gasteiger partial charge in [-0.05, 0) is 12.1 Å². The van der Waals surface area contributed by atoms with Crippen molar-refractivity contribution in [1.29, 1.82) is 0 Å². The largest absolute Gasteiger partial charge is 0.396 e. The minimum atomic E-state index is -2.60. The van der Waals surface area contributed by atoms with E-state index < -0.39 is 6.43 Å². The molecule has 0 saturated heterocycles. The number of hydrogen-bond donors (Lipinski definition) is 1. The lowest BCUT2D eigenvalue weighted by Crippen LogP contribution is -1.96. The number of pyridine rings is 1. The zero-order valence-electron chi connectivity index (χ0n) is 8.14. The van der Waals surface area contributed by atoms with Crippen molar-refractivity contribution in [2.75, 3.05) is 5.73 Å². The Morgan fingerprint density at radius 3 is 2.44 bits per heavy atom. The van der Waals surface area contributed by atoms with Crippen LogP contribution in [0.3, 0.4) is 0 Å². The van der Waals surface area contributed by atoms with Gasteiger partial charge in [-0.1, -0.05) is 6.07 Å². The highest BCUT2D eigenvalue weighted by Crippen LogP contribution is 2.19. The van der Waals surface area contributed by atoms with Gasteiger partial charge in [0.25, 0.3) is 6.43 Å². The molecule has 2 rings (SSSR count). The van der Waals surface area contributed by atoms with Crippen LogP contribution in [0.2, 0.25) is 0 Å². The number of halogens is 2. The zero-order valence-corrected chi connectivity index (χ0v) is 8.14. The smallest absolute Gasteiger partial charge is 0.280 e. The lowest BCUT2D eigenvalue weighted by Gasteiger charge is -2.02. The third kappa shape index (κ3) is 2.10. The summed E-state index contributed by atoms with van der Waals surface area (Å²) in [7, 11) is 0. The SMILES string of the molecule is Nc1cnc(-c2cccc(C(F)F)n2)nc1. The molecule has 0 bridgehead atoms. The Balaban J connectivity index is 2.40. The maximum atomic E-state index is 12.4. The van der Waals surface area contributed by atoms with Gasteiger partial charge in [0.05, 0.1) is 18.1 Å². The van der Waals surface area contributed by atoms with E-state index in [9.17, 15) is 8.78 Å². The van der Waals surface area contributed by atoms with Gasteiger partial charge in [0.15, 0.2) is 5.82 Å². The molecular weight excluding hydrogens is 214 g/mol. The first-order valence-corrected chi connectivity index (χ1v) is 4.50. The predicted octanol–water partition coefficient (Wildman–Crippen LogP) is 2.06. The molecule has 2 N–H and O–H groups in total. The molecule has 0 saturated carbocycles. The first-order chi connectivity index (χ1) is 7.66. The highest BCUT2D eigenvalue weighted by Gasteiger charge is 2.10. The number of nitrogen functional groups attached to an aromatic ring is 1. The maximum Gasteiger partial charge on any atom is 0.280 e. The van der Waals surface area contributed by atoms with E-state index in [-0.39, 0.29) is 11.5 Å². The van der Waals surface area contributed by atoms with Crippen molar-refractivity contribution in [2.24, 2.45) is 0 Å². The fourth-order valence-corrected chi connectivity index (χ4v) is 1.17. The normalized spacial score (nSPS) is 10.7. The van der Waals surface area contributed by atoms with Crippen molar-refractivity contribution < 1.29 is 8.78 Å². The Labute approximate surface area is 90.2 Å². The molecule has 82 valence electrons. The first kappa shape index (κ1) is 10.4. The molecule has 0 atom stereocenters. The molecule has 2 heterocycles. The van der Waals surface area contributed by atoms with Gasteiger partial charge in [0, 0.05) is 0 Å². The second kappa shape index (κ2) is 4.18. The second-order valence-electron chi connectivity index (χ2n) is 3.09. The van der Waals surface area contributed by atoms with Gasteiger partial charge in [-0.3, -0.25) is 0 Å². The number of aromatic nitrogens is 3. The monoisotopic (exact) mass is 222 g/mol. The fourth-order valence-electron chi connectivity index (χ4n) is 1.17. The van der Waals surface area contributed by atoms with E-state index in [0.29, 0.717) is 11.4 Å². The quantitative estimate of drug-likeness (QED) is 0.844. The topological polar surface area (TPSA) is 64.7 Å². The van der Waals surface area contributed by atoms with Crippen LogP contribution in [0.15, 0.2) is 30.6 Å². The molecule has 0 aliphatic rings. The summed E-state index contributed by atoms with van der Waals surface area (Å²) < 4.78 is 24.8. The molecule has 0 amide bonds. The average molecular weight is 222 g/mol. The van der Waals surface area contributed by atoms with Crippen LogP contribution in [0.1, 0.15) is 12.1 Å². The van der Waals surface area contributed by atoms with Crippen LogP contribution in [-0.2, 0) is 0 Å². The highest BCUT2D eigenvalue weighted by atomic mass is 19.3. The number of anilines is 1. The Morgan fingerprint density at radius 2 is 1.81 bits per heavy atom. The summed E-state index contributed by atoms with van der Waals surface area (Å²) >= 11 is 0. The molecular formula is C10H8F2N4. The molecule has 0 radical (unpaired) electrons. The molecule has 16 heavy (non-hydrogen) atoms. The number of nitrogens with two attached hydrogens (primary N) is 1. The summed E-state index contributed by atoms with van der Waals surface area (Å²) in [6.07, 6.45) is 0.201. The summed E-state index contributed by atoms with van der Waals surface area (Å²) in [5.74, 6) is 0.275. The summed E-state index contributed by atoms with van der Waals surface area (Å²) in [6.45, 7) is 0. The van der Waals surface area contributed by atoms with Crippen LogP contribution in [0.5, 0.6) is 0 Å². The first-order valence-electron chi connectivity index (χ1n) is 4.50. The van der Waals surface area contributed by atoms with E-state index in [2.05, 4.69) is 15.0 Å². The van der Waals surface area contributed by atoms with Gasteiger partial charge >= 0.3 is 0 Å². The standard InChI is InChI=1S/C10H8F2N4/c11-9(12)7-2-1-3-8(16-7)10-14-4-6(13)5-15-10/h1-5,9H,13H2. The number of hydrogen-bond acceptors (Lipinski definition) is 4. The van der Waals surface area contributed by atoms with E-state index >= 15 is 0 Å². The lowest BCUT2D eigenvalue weighted by atomic mass is 10.3. The zero-order chi connectivity index (χ0) is 11.5. The van der Waals surface area contributed by atoms with E-state index in [0.717, 1.165) is 0 Å². The van der Waals surface area contributed by atoms with Crippen molar-refractivity contribution in [3.05, 3.63) is 36.3 Å². The Morgan fingerprint density at radius 1 is 1.12 bits per heavy atom. The minimum Gasteiger partial charge on any atom is -0.396 e. The molecule has 6 heteroatoms. The number of nitrogens with zero attached hydrogens (tertiary/aromatic N) is 3. The number of rotatable bonds is 2. The van der Waals surface area contributed by atoms with Gasteiger partial charge in [0.1, 0.15) is 11.4 Å². The van der Waals surface area contributed by atoms with E-state index in [1.54, 1.807) is 6.07 Å². The van der Waals surface area contributed by atoms with Crippen LogP contribution in [0.4, 0.5) is 14.5 Å². The van der Waals surface area contributed by atoms with E-state index in [1.807, 2.05) is 0 Å². The molecule has 0 aliphatic carbocycles. The molecule has 4 nitrogen and oxygen atoms in total. The van der Waals surface area contributed by atoms with Gasteiger partial charge in [-0.25, -0.2) is 23.7 Å². The van der Waals surface area contributed by atoms with Crippen molar-refractivity contribution in [2.45, 2.75) is 6.43 Å². The molecule has 0 aromatic carbocycles. The average Bonchev–Trinajstić information content (AvgIpc) is 2.30. The Kier molecular flexibility index (Phi) is 2.72. The number of alkyl halides is 2. The van der Waals surface area contributed by atoms with Crippen molar-refractivity contribution in [3.63, 3.8) is 0 Å². The van der Waals surface area contributed by atoms with Crippen molar-refractivity contribution in [1.82, 2.24) is 15.0 Å². The Hall–Kier alpha value is -2.11. The highest BCUT2D eigenvalue weighted by molar-refractivity contribution is 5.50. The maximum absolute atomic E-state index is 12.4. The van der Waals surface area contributed by atoms with Crippen LogP contribution in [-0.4, -0.2) is 15.0 Å². The summed E-state index contributed by atoms with van der Waals surface area (Å²) in [5, 5.41) is 0. The van der Waals surface area contributed by atoms with Gasteiger partial charge in [-0.2, -0.15) is 0 Å². The van der Waals surface area contributed by atoms with Gasteiger partial charge in [-0.15, -0.1) is 0 Å². The molecule has 0 unspecified atom stereocenters. The van der Waals surface area contributed by atoms with Crippen LogP contribution >= 0.6 is 0 Å². The lowest BCUT2D eigenvalue weighted by molar-refractivity contribution is 0.146. The second-order valence-corrected chi connectivity index (χ2v) is 3.09. The van der Waals surface area contributed by atoms with Crippen LogP contribution in [0, 0.1) is 0 Å². The Bertz CT molecular complexity index is 484. The molecule has 2 aromatic rings. The summed E-state index contributed by atoms with van der Waals surface area (Å²) in [4.78, 5) is 11.6. The van der Waals surface area contributed by atoms with Crippen LogP contribution in [0.25, 0.3) is 11.5 Å². The van der Waals surface area contributed by atoms with Crippen LogP contribution < -0.4 is 5.73 Å². The van der Waals surface area contributed by atoms with Crippen molar-refractivity contribution in [3.8, 4) is 11.5 Å². The molecule has 2 aromatic heterocycles. The third-order valence-electron chi connectivity index (χ3n) is 1.90. The van der Waals surface area contributed by atoms with E-state index in [4.69, 9.17) is 5.73 Å². The molecule has 0 spiro atoms. The van der Waals surface area contributed by atoms with Gasteiger partial charge < -0.3 is 5.73 Å². The molecule has 0 fully saturated rings. The fraction of sp³-hybridized carbons (Fsp3) is 0.100. The van der Waals surface area contributed by atoms with Crippen molar-refractivity contribution >= 4 is 5.69 Å².